The summed E-state index contributed by atoms with van der Waals surface area (Å²) in [5.74, 6) is 0. The Morgan fingerprint density at radius 1 is 0.169 bits per heavy atom. The fraction of sp³-hybridized carbons (Fsp3) is 0.00826. The summed E-state index contributed by atoms with van der Waals surface area (Å²) in [7, 11) is 0. The van der Waals surface area contributed by atoms with Gasteiger partial charge in [0.15, 0.2) is 0 Å². The molecule has 0 aliphatic rings. The normalized spacial score (nSPS) is 11.7. The Labute approximate surface area is 747 Å². The highest BCUT2D eigenvalue weighted by atomic mass is 15.0. The minimum Gasteiger partial charge on any atom is -0.309 e. The van der Waals surface area contributed by atoms with Crippen LogP contribution in [0.3, 0.4) is 0 Å². The standard InChI is InChI=1S/C46H29N3.C40H25N3.C35H23N3/c1-3-13-30(14-4-1)32-23-25-43-39(27-32)40-28-33(31-15-5-2-6-16-31)24-26-44(40)49(43)42-22-12-11-21-38(42)41-29-47-45-36-19-9-7-17-34(36)35-18-8-10-20-37(35)46(45)48-41;1-2-10-26(11-3-1)28-20-23-38-35(24-28)32-14-8-9-17-37(32)43(38)29-21-18-27(19-22-29)36-25-41-39-33-15-6-4-12-30(33)31-13-5-7-16-34(31)40(39)42-36;1-22-14-19-33-30(20-22)27-10-6-7-13-32(27)38(33)24-17-15-23(16-18-24)31-21-36-34-28-11-4-2-8-25(28)26-9-3-5-12-29(26)35(34)37-31/h1-29H;1-25H;2-21H,1H3. The predicted molar refractivity (Wildman–Crippen MR) is 544 cm³/mol. The average molecular weight is 1660 g/mol. The number of para-hydroxylation sites is 3. The summed E-state index contributed by atoms with van der Waals surface area (Å²) in [6.07, 6.45) is 5.75. The molecule has 0 atom stereocenters. The smallest absolute Gasteiger partial charge is 0.0979 e. The van der Waals surface area contributed by atoms with Gasteiger partial charge in [-0.25, -0.2) is 15.0 Å². The monoisotopic (exact) mass is 1660 g/mol. The number of hydrogen-bond donors (Lipinski definition) is 0. The maximum absolute atomic E-state index is 5.39. The van der Waals surface area contributed by atoms with Gasteiger partial charge in [0, 0.05) is 92.7 Å². The zero-order chi connectivity index (χ0) is 85.9. The summed E-state index contributed by atoms with van der Waals surface area (Å²) in [4.78, 5) is 30.7. The summed E-state index contributed by atoms with van der Waals surface area (Å²) in [5.41, 5.74) is 30.3. The molecule has 27 rings (SSSR count). The minimum absolute atomic E-state index is 0.848. The number of benzene rings is 21. The van der Waals surface area contributed by atoms with E-state index >= 15 is 0 Å². The van der Waals surface area contributed by atoms with Crippen LogP contribution in [0.25, 0.3) is 247 Å². The first kappa shape index (κ1) is 75.2. The lowest BCUT2D eigenvalue weighted by Gasteiger charge is -2.15. The largest absolute Gasteiger partial charge is 0.309 e. The van der Waals surface area contributed by atoms with Crippen molar-refractivity contribution < 1.29 is 0 Å². The third kappa shape index (κ3) is 12.6. The van der Waals surface area contributed by atoms with Gasteiger partial charge in [-0.05, 0) is 164 Å². The highest BCUT2D eigenvalue weighted by Gasteiger charge is 2.23. The van der Waals surface area contributed by atoms with Gasteiger partial charge in [0.1, 0.15) is 0 Å². The summed E-state index contributed by atoms with van der Waals surface area (Å²) in [6, 6.07) is 153. The molecule has 21 aromatic carbocycles. The van der Waals surface area contributed by atoms with Crippen molar-refractivity contribution >= 4 is 163 Å². The van der Waals surface area contributed by atoms with E-state index in [1.165, 1.54) is 126 Å². The molecule has 0 N–H and O–H groups in total. The maximum Gasteiger partial charge on any atom is 0.0979 e. The first-order chi connectivity index (χ1) is 64.4. The first-order valence-corrected chi connectivity index (χ1v) is 44.2. The fourth-order valence-electron chi connectivity index (χ4n) is 20.1. The summed E-state index contributed by atoms with van der Waals surface area (Å²) in [6.45, 7) is 2.15. The van der Waals surface area contributed by atoms with Gasteiger partial charge in [0.25, 0.3) is 0 Å². The predicted octanol–water partition coefficient (Wildman–Crippen LogP) is 31.4. The van der Waals surface area contributed by atoms with Crippen LogP contribution in [0.2, 0.25) is 0 Å². The molecule has 0 aliphatic heterocycles. The molecule has 0 fully saturated rings. The Hall–Kier alpha value is -17.4. The number of fused-ring (bicyclic) bond motifs is 27. The van der Waals surface area contributed by atoms with Crippen LogP contribution in [0.1, 0.15) is 5.56 Å². The highest BCUT2D eigenvalue weighted by Crippen LogP contribution is 2.45. The number of rotatable bonds is 9. The Morgan fingerprint density at radius 2 is 0.431 bits per heavy atom. The van der Waals surface area contributed by atoms with Gasteiger partial charge in [-0.15, -0.1) is 0 Å². The fourth-order valence-corrected chi connectivity index (χ4v) is 20.1. The van der Waals surface area contributed by atoms with Crippen LogP contribution in [-0.2, 0) is 0 Å². The summed E-state index contributed by atoms with van der Waals surface area (Å²) < 4.78 is 7.10. The van der Waals surface area contributed by atoms with Crippen molar-refractivity contribution in [1.29, 1.82) is 0 Å². The lowest BCUT2D eigenvalue weighted by molar-refractivity contribution is 1.17. The summed E-state index contributed by atoms with van der Waals surface area (Å²) >= 11 is 0. The van der Waals surface area contributed by atoms with Crippen molar-refractivity contribution in [3.05, 3.63) is 455 Å². The van der Waals surface area contributed by atoms with Gasteiger partial charge < -0.3 is 13.7 Å². The van der Waals surface area contributed by atoms with Gasteiger partial charge in [0.05, 0.1) is 108 Å². The molecule has 6 heterocycles. The topological polar surface area (TPSA) is 92.1 Å². The molecular formula is C121H77N9. The second-order valence-electron chi connectivity index (χ2n) is 33.6. The van der Waals surface area contributed by atoms with Gasteiger partial charge in [-0.1, -0.05) is 345 Å². The van der Waals surface area contributed by atoms with Crippen molar-refractivity contribution in [2.45, 2.75) is 6.92 Å². The number of aromatic nitrogens is 9. The average Bonchev–Trinajstić information content (AvgIpc) is 1.62. The molecule has 0 saturated heterocycles. The second-order valence-corrected chi connectivity index (χ2v) is 33.6. The number of nitrogens with zero attached hydrogens (tertiary/aromatic N) is 9. The number of aryl methyl sites for hydroxylation is 1. The van der Waals surface area contributed by atoms with Gasteiger partial charge in [-0.3, -0.25) is 15.0 Å². The van der Waals surface area contributed by atoms with Crippen molar-refractivity contribution in [3.63, 3.8) is 0 Å². The van der Waals surface area contributed by atoms with Crippen LogP contribution in [-0.4, -0.2) is 43.6 Å². The van der Waals surface area contributed by atoms with Crippen LogP contribution < -0.4 is 0 Å². The molecule has 6 aromatic heterocycles. The third-order valence-corrected chi connectivity index (χ3v) is 26.1. The zero-order valence-electron chi connectivity index (χ0n) is 70.7. The molecule has 0 amide bonds. The second kappa shape index (κ2) is 31.1. The van der Waals surface area contributed by atoms with E-state index in [0.29, 0.717) is 0 Å². The number of hydrogen-bond acceptors (Lipinski definition) is 6. The molecule has 9 nitrogen and oxygen atoms in total. The van der Waals surface area contributed by atoms with Crippen LogP contribution >= 0.6 is 0 Å². The van der Waals surface area contributed by atoms with E-state index in [1.54, 1.807) is 0 Å². The van der Waals surface area contributed by atoms with E-state index in [4.69, 9.17) is 29.9 Å². The van der Waals surface area contributed by atoms with Gasteiger partial charge >= 0.3 is 0 Å². The Bertz CT molecular complexity index is 9040. The van der Waals surface area contributed by atoms with E-state index in [9.17, 15) is 0 Å². The first-order valence-electron chi connectivity index (χ1n) is 44.2. The lowest BCUT2D eigenvalue weighted by atomic mass is 9.99. The zero-order valence-corrected chi connectivity index (χ0v) is 70.7. The molecule has 0 saturated carbocycles. The lowest BCUT2D eigenvalue weighted by Crippen LogP contribution is -1.99. The molecule has 27 aromatic rings. The van der Waals surface area contributed by atoms with Crippen molar-refractivity contribution in [1.82, 2.24) is 43.6 Å². The molecule has 606 valence electrons. The molecule has 0 bridgehead atoms. The molecular weight excluding hydrogens is 1580 g/mol. The van der Waals surface area contributed by atoms with Crippen LogP contribution in [0.4, 0.5) is 0 Å². The van der Waals surface area contributed by atoms with Crippen molar-refractivity contribution in [3.8, 4) is 84.2 Å². The van der Waals surface area contributed by atoms with Gasteiger partial charge in [0.2, 0.25) is 0 Å². The molecule has 130 heavy (non-hydrogen) atoms. The van der Waals surface area contributed by atoms with Crippen LogP contribution in [0, 0.1) is 6.92 Å². The van der Waals surface area contributed by atoms with E-state index in [-0.39, 0.29) is 0 Å². The Morgan fingerprint density at radius 3 is 0.808 bits per heavy atom. The molecule has 0 spiro atoms. The van der Waals surface area contributed by atoms with E-state index in [0.717, 1.165) is 127 Å². The van der Waals surface area contributed by atoms with Crippen LogP contribution in [0.5, 0.6) is 0 Å². The van der Waals surface area contributed by atoms with Gasteiger partial charge in [-0.2, -0.15) is 0 Å². The van der Waals surface area contributed by atoms with E-state index in [1.807, 2.05) is 18.6 Å². The van der Waals surface area contributed by atoms with E-state index < -0.39 is 0 Å². The quantitative estimate of drug-likeness (QED) is 0.134. The Kier molecular flexibility index (Phi) is 18.0. The maximum atomic E-state index is 5.39. The van der Waals surface area contributed by atoms with E-state index in [2.05, 4.69) is 451 Å². The summed E-state index contributed by atoms with van der Waals surface area (Å²) in [5, 5.41) is 21.5. The molecule has 9 heteroatoms. The SMILES string of the molecule is Cc1ccc2c(c1)c1ccccc1n2-c1ccc(-c2cnc3c4ccccc4c4ccccc4c3n2)cc1.c1ccc(-c2ccc3c(c2)c2cc(-c4ccccc4)ccc2n3-c2ccccc2-c2cnc3c4ccccc4c4ccccc4c3n2)cc1.c1ccc(-c2ccc3c(c2)c2ccccc2n3-c2ccc(-c3cnc4c5ccccc5c5ccccc5c4n3)cc2)cc1. The van der Waals surface area contributed by atoms with Crippen LogP contribution in [0.15, 0.2) is 449 Å². The molecule has 0 unspecified atom stereocenters. The molecule has 0 aliphatic carbocycles. The molecule has 0 radical (unpaired) electrons. The Balaban J connectivity index is 0.000000106. The highest BCUT2D eigenvalue weighted by molar-refractivity contribution is 6.26. The minimum atomic E-state index is 0.848. The van der Waals surface area contributed by atoms with Crippen molar-refractivity contribution in [2.75, 3.05) is 0 Å². The van der Waals surface area contributed by atoms with Crippen molar-refractivity contribution in [2.24, 2.45) is 0 Å². The third-order valence-electron chi connectivity index (χ3n) is 26.1.